The number of hydrogen-bond donors (Lipinski definition) is 1. The average molecular weight is 164 g/mol. The van der Waals surface area contributed by atoms with Crippen LogP contribution in [-0.2, 0) is 11.4 Å². The van der Waals surface area contributed by atoms with Crippen LogP contribution in [0, 0.1) is 0 Å². The van der Waals surface area contributed by atoms with Crippen molar-refractivity contribution in [2.24, 2.45) is 0 Å². The third kappa shape index (κ3) is 1.92. The van der Waals surface area contributed by atoms with E-state index in [9.17, 15) is 4.79 Å². The van der Waals surface area contributed by atoms with E-state index in [0.717, 1.165) is 17.4 Å². The molecule has 0 saturated carbocycles. The van der Waals surface area contributed by atoms with Gasteiger partial charge in [-0.2, -0.15) is 0 Å². The molecule has 0 aliphatic heterocycles. The van der Waals surface area contributed by atoms with E-state index in [1.54, 1.807) is 0 Å². The molecular formula is C10H12O2. The lowest BCUT2D eigenvalue weighted by Crippen LogP contribution is -1.94. The van der Waals surface area contributed by atoms with E-state index in [2.05, 4.69) is 0 Å². The summed E-state index contributed by atoms with van der Waals surface area (Å²) in [7, 11) is 0. The summed E-state index contributed by atoms with van der Waals surface area (Å²) in [5.41, 5.74) is 1.86. The molecule has 0 heterocycles. The van der Waals surface area contributed by atoms with E-state index < -0.39 is 0 Å². The first-order valence-corrected chi connectivity index (χ1v) is 3.93. The topological polar surface area (TPSA) is 37.3 Å². The van der Waals surface area contributed by atoms with Gasteiger partial charge in [0.25, 0.3) is 0 Å². The first kappa shape index (κ1) is 8.94. The monoisotopic (exact) mass is 164 g/mol. The number of aldehydes is 1. The highest BCUT2D eigenvalue weighted by Gasteiger charge is 2.01. The van der Waals surface area contributed by atoms with Crippen LogP contribution in [0.1, 0.15) is 24.0 Å². The molecule has 0 amide bonds. The largest absolute Gasteiger partial charge is 0.392 e. The molecule has 0 aliphatic rings. The molecule has 1 aromatic carbocycles. The molecule has 64 valence electrons. The SMILES string of the molecule is CC(C=O)c1ccc(CO)cc1. The van der Waals surface area contributed by atoms with Crippen molar-refractivity contribution >= 4 is 6.29 Å². The minimum absolute atomic E-state index is 0.0513. The molecule has 0 saturated heterocycles. The zero-order valence-electron chi connectivity index (χ0n) is 7.03. The number of aliphatic hydroxyl groups is 1. The van der Waals surface area contributed by atoms with Gasteiger partial charge in [-0.25, -0.2) is 0 Å². The van der Waals surface area contributed by atoms with E-state index >= 15 is 0 Å². The normalized spacial score (nSPS) is 12.5. The fourth-order valence-corrected chi connectivity index (χ4v) is 1.01. The Hall–Kier alpha value is -1.15. The van der Waals surface area contributed by atoms with Gasteiger partial charge in [-0.3, -0.25) is 0 Å². The molecule has 12 heavy (non-hydrogen) atoms. The van der Waals surface area contributed by atoms with Gasteiger partial charge in [0.15, 0.2) is 0 Å². The number of carbonyl (C=O) groups excluding carboxylic acids is 1. The Kier molecular flexibility index (Phi) is 3.00. The number of carbonyl (C=O) groups is 1. The van der Waals surface area contributed by atoms with Crippen LogP contribution in [0.3, 0.4) is 0 Å². The summed E-state index contributed by atoms with van der Waals surface area (Å²) in [4.78, 5) is 10.4. The second kappa shape index (κ2) is 4.02. The predicted octanol–water partition coefficient (Wildman–Crippen LogP) is 1.48. The minimum Gasteiger partial charge on any atom is -0.392 e. The Balaban J connectivity index is 2.84. The molecule has 0 fully saturated rings. The Morgan fingerprint density at radius 1 is 1.42 bits per heavy atom. The predicted molar refractivity (Wildman–Crippen MR) is 46.8 cm³/mol. The molecule has 0 aromatic heterocycles. The molecule has 2 heteroatoms. The van der Waals surface area contributed by atoms with E-state index in [4.69, 9.17) is 5.11 Å². The molecule has 1 atom stereocenters. The standard InChI is InChI=1S/C10H12O2/c1-8(6-11)10-4-2-9(7-12)3-5-10/h2-6,8,12H,7H2,1H3. The molecule has 1 unspecified atom stereocenters. The minimum atomic E-state index is -0.0576. The van der Waals surface area contributed by atoms with Crippen LogP contribution >= 0.6 is 0 Å². The highest BCUT2D eigenvalue weighted by Crippen LogP contribution is 2.13. The molecule has 1 N–H and O–H groups in total. The highest BCUT2D eigenvalue weighted by molar-refractivity contribution is 5.61. The Bertz CT molecular complexity index is 251. The Morgan fingerprint density at radius 3 is 2.42 bits per heavy atom. The fraction of sp³-hybridized carbons (Fsp3) is 0.300. The third-order valence-electron chi connectivity index (χ3n) is 1.89. The van der Waals surface area contributed by atoms with Crippen LogP contribution < -0.4 is 0 Å². The van der Waals surface area contributed by atoms with Crippen molar-refractivity contribution < 1.29 is 9.90 Å². The van der Waals surface area contributed by atoms with Crippen molar-refractivity contribution in [3.8, 4) is 0 Å². The smallest absolute Gasteiger partial charge is 0.127 e. The summed E-state index contributed by atoms with van der Waals surface area (Å²) in [5.74, 6) is -0.0576. The van der Waals surface area contributed by atoms with Gasteiger partial charge in [0.05, 0.1) is 6.61 Å². The second-order valence-electron chi connectivity index (χ2n) is 2.82. The van der Waals surface area contributed by atoms with E-state index in [1.807, 2.05) is 31.2 Å². The zero-order valence-corrected chi connectivity index (χ0v) is 7.03. The van der Waals surface area contributed by atoms with Crippen molar-refractivity contribution in [2.45, 2.75) is 19.4 Å². The molecule has 1 aromatic rings. The lowest BCUT2D eigenvalue weighted by atomic mass is 10.0. The van der Waals surface area contributed by atoms with Gasteiger partial charge < -0.3 is 9.90 Å². The summed E-state index contributed by atoms with van der Waals surface area (Å²) >= 11 is 0. The summed E-state index contributed by atoms with van der Waals surface area (Å²) in [5, 5.41) is 8.75. The molecular weight excluding hydrogens is 152 g/mol. The Morgan fingerprint density at radius 2 is 2.00 bits per heavy atom. The summed E-state index contributed by atoms with van der Waals surface area (Å²) in [6.07, 6.45) is 0.911. The average Bonchev–Trinajstić information content (AvgIpc) is 2.17. The molecule has 0 aliphatic carbocycles. The van der Waals surface area contributed by atoms with E-state index in [-0.39, 0.29) is 12.5 Å². The van der Waals surface area contributed by atoms with Crippen LogP contribution in [0.2, 0.25) is 0 Å². The maximum absolute atomic E-state index is 10.4. The zero-order chi connectivity index (χ0) is 8.97. The Labute approximate surface area is 71.8 Å². The molecule has 2 nitrogen and oxygen atoms in total. The van der Waals surface area contributed by atoms with Gasteiger partial charge in [0.2, 0.25) is 0 Å². The maximum Gasteiger partial charge on any atom is 0.127 e. The first-order valence-electron chi connectivity index (χ1n) is 3.93. The van der Waals surface area contributed by atoms with Gasteiger partial charge in [0, 0.05) is 5.92 Å². The fourth-order valence-electron chi connectivity index (χ4n) is 1.01. The van der Waals surface area contributed by atoms with Crippen LogP contribution in [0.4, 0.5) is 0 Å². The van der Waals surface area contributed by atoms with Crippen molar-refractivity contribution in [3.63, 3.8) is 0 Å². The van der Waals surface area contributed by atoms with E-state index in [1.165, 1.54) is 0 Å². The van der Waals surface area contributed by atoms with Gasteiger partial charge >= 0.3 is 0 Å². The van der Waals surface area contributed by atoms with E-state index in [0.29, 0.717) is 0 Å². The molecule has 1 rings (SSSR count). The third-order valence-corrected chi connectivity index (χ3v) is 1.89. The van der Waals surface area contributed by atoms with Crippen LogP contribution in [0.5, 0.6) is 0 Å². The van der Waals surface area contributed by atoms with Crippen LogP contribution in [0.25, 0.3) is 0 Å². The number of benzene rings is 1. The number of aliphatic hydroxyl groups excluding tert-OH is 1. The van der Waals surface area contributed by atoms with Gasteiger partial charge in [-0.05, 0) is 11.1 Å². The quantitative estimate of drug-likeness (QED) is 0.687. The van der Waals surface area contributed by atoms with Crippen molar-refractivity contribution in [2.75, 3.05) is 0 Å². The van der Waals surface area contributed by atoms with Gasteiger partial charge in [-0.1, -0.05) is 31.2 Å². The summed E-state index contributed by atoms with van der Waals surface area (Å²) in [6, 6.07) is 7.39. The van der Waals surface area contributed by atoms with Gasteiger partial charge in [0.1, 0.15) is 6.29 Å². The van der Waals surface area contributed by atoms with Crippen molar-refractivity contribution in [3.05, 3.63) is 35.4 Å². The maximum atomic E-state index is 10.4. The number of hydrogen-bond acceptors (Lipinski definition) is 2. The lowest BCUT2D eigenvalue weighted by Gasteiger charge is -2.03. The number of rotatable bonds is 3. The van der Waals surface area contributed by atoms with Gasteiger partial charge in [-0.15, -0.1) is 0 Å². The molecule has 0 radical (unpaired) electrons. The lowest BCUT2D eigenvalue weighted by molar-refractivity contribution is -0.108. The van der Waals surface area contributed by atoms with Crippen molar-refractivity contribution in [1.82, 2.24) is 0 Å². The summed E-state index contributed by atoms with van der Waals surface area (Å²) < 4.78 is 0. The van der Waals surface area contributed by atoms with Crippen LogP contribution in [-0.4, -0.2) is 11.4 Å². The first-order chi connectivity index (χ1) is 5.77. The van der Waals surface area contributed by atoms with Crippen LogP contribution in [0.15, 0.2) is 24.3 Å². The van der Waals surface area contributed by atoms with Crippen molar-refractivity contribution in [1.29, 1.82) is 0 Å². The molecule has 0 spiro atoms. The summed E-state index contributed by atoms with van der Waals surface area (Å²) in [6.45, 7) is 1.90. The molecule has 0 bridgehead atoms. The second-order valence-corrected chi connectivity index (χ2v) is 2.82. The highest BCUT2D eigenvalue weighted by atomic mass is 16.3.